The van der Waals surface area contributed by atoms with Crippen LogP contribution in [-0.2, 0) is 6.54 Å². The van der Waals surface area contributed by atoms with Gasteiger partial charge in [-0.15, -0.1) is 0 Å². The lowest BCUT2D eigenvalue weighted by molar-refractivity contribution is 0.523. The van der Waals surface area contributed by atoms with Crippen LogP contribution in [0.2, 0.25) is 5.02 Å². The molecule has 0 aliphatic carbocycles. The van der Waals surface area contributed by atoms with Crippen molar-refractivity contribution in [2.45, 2.75) is 19.5 Å². The van der Waals surface area contributed by atoms with Gasteiger partial charge in [-0.25, -0.2) is 19.6 Å². The largest absolute Gasteiger partial charge is 0.382 e. The molecule has 2 heterocycles. The molecule has 0 spiro atoms. The predicted octanol–water partition coefficient (Wildman–Crippen LogP) is 2.56. The Kier molecular flexibility index (Phi) is 7.10. The number of benzene rings is 2. The summed E-state index contributed by atoms with van der Waals surface area (Å²) in [4.78, 5) is 26.7. The van der Waals surface area contributed by atoms with Crippen molar-refractivity contribution in [1.29, 1.82) is 5.26 Å². The number of nitrogens with two attached hydrogens (primary N) is 2. The van der Waals surface area contributed by atoms with Crippen molar-refractivity contribution in [2.75, 3.05) is 29.1 Å². The number of nitrogens with zero attached hydrogens (tertiary/aromatic N) is 6. The molecule has 35 heavy (non-hydrogen) atoms. The molecule has 0 saturated heterocycles. The molecular formula is C24H24ClN9O. The van der Waals surface area contributed by atoms with Crippen molar-refractivity contribution >= 4 is 34.1 Å². The van der Waals surface area contributed by atoms with Gasteiger partial charge >= 0.3 is 0 Å². The van der Waals surface area contributed by atoms with Crippen molar-refractivity contribution in [1.82, 2.24) is 19.6 Å². The van der Waals surface area contributed by atoms with Crippen LogP contribution in [0.3, 0.4) is 0 Å². The van der Waals surface area contributed by atoms with Crippen molar-refractivity contribution in [3.8, 4) is 6.07 Å². The molecule has 0 saturated carbocycles. The van der Waals surface area contributed by atoms with Crippen LogP contribution in [0.1, 0.15) is 29.9 Å². The summed E-state index contributed by atoms with van der Waals surface area (Å²) in [6, 6.07) is 16.3. The number of rotatable bonds is 8. The molecule has 2 aromatic carbocycles. The lowest BCUT2D eigenvalue weighted by Crippen LogP contribution is -2.47. The molecule has 11 heteroatoms. The van der Waals surface area contributed by atoms with Crippen LogP contribution >= 0.6 is 11.6 Å². The Morgan fingerprint density at radius 3 is 2.69 bits per heavy atom. The highest BCUT2D eigenvalue weighted by molar-refractivity contribution is 6.35. The fraction of sp³-hybridized carbons (Fsp3) is 0.208. The van der Waals surface area contributed by atoms with Crippen LogP contribution in [0.15, 0.2) is 59.7 Å². The van der Waals surface area contributed by atoms with E-state index < -0.39 is 6.04 Å². The van der Waals surface area contributed by atoms with Crippen LogP contribution in [0.25, 0.3) is 10.9 Å². The maximum atomic E-state index is 13.8. The summed E-state index contributed by atoms with van der Waals surface area (Å²) in [5, 5.41) is 15.1. The minimum atomic E-state index is -0.552. The first-order chi connectivity index (χ1) is 16.9. The SMILES string of the molecule is C[C@H](Nc1ncnc(N)c1C#N)c1nc2cccc(Cl)c2c(=O)n1N(CCN)Cc1ccccc1. The second-order valence-electron chi connectivity index (χ2n) is 7.84. The maximum Gasteiger partial charge on any atom is 0.281 e. The zero-order valence-electron chi connectivity index (χ0n) is 19.0. The van der Waals surface area contributed by atoms with Crippen molar-refractivity contribution in [3.63, 3.8) is 0 Å². The third-order valence-electron chi connectivity index (χ3n) is 5.46. The molecular weight excluding hydrogens is 466 g/mol. The minimum Gasteiger partial charge on any atom is -0.382 e. The van der Waals surface area contributed by atoms with Crippen LogP contribution < -0.4 is 27.4 Å². The van der Waals surface area contributed by atoms with E-state index in [9.17, 15) is 10.1 Å². The second-order valence-corrected chi connectivity index (χ2v) is 8.25. The number of aromatic nitrogens is 4. The Bertz CT molecular complexity index is 1450. The number of hydrogen-bond acceptors (Lipinski definition) is 9. The van der Waals surface area contributed by atoms with E-state index >= 15 is 0 Å². The highest BCUT2D eigenvalue weighted by Gasteiger charge is 2.23. The molecule has 2 aromatic heterocycles. The normalized spacial score (nSPS) is 11.7. The van der Waals surface area contributed by atoms with Crippen LogP contribution in [0, 0.1) is 11.3 Å². The van der Waals surface area contributed by atoms with Gasteiger partial charge < -0.3 is 21.8 Å². The highest BCUT2D eigenvalue weighted by atomic mass is 35.5. The van der Waals surface area contributed by atoms with E-state index in [2.05, 4.69) is 15.3 Å². The molecule has 4 aromatic rings. The Hall–Kier alpha value is -4.20. The van der Waals surface area contributed by atoms with E-state index in [1.165, 1.54) is 11.0 Å². The number of fused-ring (bicyclic) bond motifs is 1. The molecule has 1 atom stereocenters. The topological polar surface area (TPSA) is 152 Å². The fourth-order valence-corrected chi connectivity index (χ4v) is 4.08. The molecule has 5 N–H and O–H groups in total. The van der Waals surface area contributed by atoms with Gasteiger partial charge in [0, 0.05) is 13.1 Å². The number of nitrogen functional groups attached to an aromatic ring is 1. The molecule has 0 fully saturated rings. The van der Waals surface area contributed by atoms with Gasteiger partial charge in [0.1, 0.15) is 29.6 Å². The van der Waals surface area contributed by atoms with E-state index in [1.54, 1.807) is 18.2 Å². The van der Waals surface area contributed by atoms with E-state index in [-0.39, 0.29) is 22.8 Å². The summed E-state index contributed by atoms with van der Waals surface area (Å²) < 4.78 is 1.50. The molecule has 0 unspecified atom stereocenters. The van der Waals surface area contributed by atoms with Gasteiger partial charge in [0.2, 0.25) is 0 Å². The van der Waals surface area contributed by atoms with Crippen molar-refractivity contribution < 1.29 is 0 Å². The smallest absolute Gasteiger partial charge is 0.281 e. The van der Waals surface area contributed by atoms with Gasteiger partial charge in [0.05, 0.1) is 28.5 Å². The fourth-order valence-electron chi connectivity index (χ4n) is 3.83. The molecule has 0 bridgehead atoms. The first-order valence-electron chi connectivity index (χ1n) is 10.9. The number of hydrogen-bond donors (Lipinski definition) is 3. The van der Waals surface area contributed by atoms with Gasteiger partial charge in [-0.3, -0.25) is 4.79 Å². The molecule has 0 amide bonds. The van der Waals surface area contributed by atoms with Crippen LogP contribution in [-0.4, -0.2) is 32.7 Å². The maximum absolute atomic E-state index is 13.8. The third kappa shape index (κ3) is 4.87. The number of nitriles is 1. The zero-order valence-corrected chi connectivity index (χ0v) is 19.8. The van der Waals surface area contributed by atoms with E-state index in [4.69, 9.17) is 28.1 Å². The minimum absolute atomic E-state index is 0.0571. The van der Waals surface area contributed by atoms with Gasteiger partial charge in [-0.2, -0.15) is 5.26 Å². The third-order valence-corrected chi connectivity index (χ3v) is 5.77. The highest BCUT2D eigenvalue weighted by Crippen LogP contribution is 2.25. The van der Waals surface area contributed by atoms with Gasteiger partial charge in [-0.05, 0) is 24.6 Å². The molecule has 178 valence electrons. The molecule has 0 radical (unpaired) electrons. The van der Waals surface area contributed by atoms with E-state index in [0.29, 0.717) is 41.4 Å². The summed E-state index contributed by atoms with van der Waals surface area (Å²) in [5.41, 5.74) is 13.0. The second kappa shape index (κ2) is 10.4. The zero-order chi connectivity index (χ0) is 24.9. The lowest BCUT2D eigenvalue weighted by atomic mass is 10.2. The van der Waals surface area contributed by atoms with Crippen LogP contribution in [0.4, 0.5) is 11.6 Å². The van der Waals surface area contributed by atoms with E-state index in [0.717, 1.165) is 5.56 Å². The average Bonchev–Trinajstić information content (AvgIpc) is 2.84. The summed E-state index contributed by atoms with van der Waals surface area (Å²) in [5.74, 6) is 0.699. The summed E-state index contributed by atoms with van der Waals surface area (Å²) in [6.07, 6.45) is 1.27. The Morgan fingerprint density at radius 1 is 1.20 bits per heavy atom. The monoisotopic (exact) mass is 489 g/mol. The number of nitrogens with one attached hydrogen (secondary N) is 1. The number of anilines is 2. The number of halogens is 1. The van der Waals surface area contributed by atoms with Gasteiger partial charge in [-0.1, -0.05) is 48.0 Å². The lowest BCUT2D eigenvalue weighted by Gasteiger charge is -2.30. The summed E-state index contributed by atoms with van der Waals surface area (Å²) >= 11 is 6.42. The quantitative estimate of drug-likeness (QED) is 0.339. The first kappa shape index (κ1) is 23.9. The first-order valence-corrected chi connectivity index (χ1v) is 11.3. The Morgan fingerprint density at radius 2 is 1.97 bits per heavy atom. The van der Waals surface area contributed by atoms with E-state index in [1.807, 2.05) is 48.3 Å². The van der Waals surface area contributed by atoms with Gasteiger partial charge in [0.25, 0.3) is 5.56 Å². The average molecular weight is 490 g/mol. The standard InChI is InChI=1S/C24H24ClN9O/c1-15(31-22-17(12-27)21(28)29-14-30-22)23-32-19-9-5-8-18(25)20(19)24(35)34(23)33(11-10-26)13-16-6-3-2-4-7-16/h2-9,14-15H,10-11,13,26H2,1H3,(H3,28,29,30,31)/t15-/m0/s1. The van der Waals surface area contributed by atoms with Crippen LogP contribution in [0.5, 0.6) is 0 Å². The molecule has 0 aliphatic rings. The van der Waals surface area contributed by atoms with Crippen molar-refractivity contribution in [3.05, 3.63) is 87.2 Å². The molecule has 0 aliphatic heterocycles. The summed E-state index contributed by atoms with van der Waals surface area (Å²) in [6.45, 7) is 2.93. The summed E-state index contributed by atoms with van der Waals surface area (Å²) in [7, 11) is 0. The van der Waals surface area contributed by atoms with Crippen molar-refractivity contribution in [2.24, 2.45) is 5.73 Å². The Balaban J connectivity index is 1.89. The molecule has 4 rings (SSSR count). The molecule has 10 nitrogen and oxygen atoms in total. The Labute approximate surface area is 206 Å². The van der Waals surface area contributed by atoms with Gasteiger partial charge in [0.15, 0.2) is 5.82 Å². The predicted molar refractivity (Wildman–Crippen MR) is 136 cm³/mol.